The number of piperazine rings is 1. The zero-order chi connectivity index (χ0) is 20.9. The van der Waals surface area contributed by atoms with Gasteiger partial charge in [-0.1, -0.05) is 0 Å². The van der Waals surface area contributed by atoms with Gasteiger partial charge in [0.15, 0.2) is 0 Å². The molecule has 0 bridgehead atoms. The third-order valence-electron chi connectivity index (χ3n) is 7.27. The summed E-state index contributed by atoms with van der Waals surface area (Å²) in [6, 6.07) is 1.00. The van der Waals surface area contributed by atoms with Crippen LogP contribution in [0.15, 0.2) is 0 Å². The summed E-state index contributed by atoms with van der Waals surface area (Å²) in [5.74, 6) is 1.95. The van der Waals surface area contributed by atoms with Gasteiger partial charge in [0.25, 0.3) is 0 Å². The van der Waals surface area contributed by atoms with Crippen LogP contribution in [0, 0.1) is 11.8 Å². The van der Waals surface area contributed by atoms with Crippen LogP contribution in [0.3, 0.4) is 0 Å². The Morgan fingerprint density at radius 1 is 0.552 bits per heavy atom. The molecule has 1 saturated heterocycles. The minimum absolute atomic E-state index is 0.501. The third-order valence-corrected chi connectivity index (χ3v) is 7.27. The Morgan fingerprint density at radius 3 is 1.21 bits per heavy atom. The largest absolute Gasteiger partial charge is 0.330 e. The highest BCUT2D eigenvalue weighted by Crippen LogP contribution is 2.34. The van der Waals surface area contributed by atoms with E-state index in [1.807, 2.05) is 0 Å². The normalized spacial score (nSPS) is 31.9. The monoisotopic (exact) mass is 410 g/mol. The summed E-state index contributed by atoms with van der Waals surface area (Å²) in [5.41, 5.74) is 22.8. The van der Waals surface area contributed by atoms with Crippen molar-refractivity contribution in [3.8, 4) is 0 Å². The fourth-order valence-corrected chi connectivity index (χ4v) is 5.19. The molecule has 6 nitrogen and oxygen atoms in total. The maximum atomic E-state index is 5.93. The molecule has 6 heteroatoms. The molecule has 0 atom stereocenters. The van der Waals surface area contributed by atoms with Crippen molar-refractivity contribution in [2.75, 3.05) is 52.4 Å². The molecule has 0 aromatic rings. The lowest BCUT2D eigenvalue weighted by atomic mass is 9.76. The van der Waals surface area contributed by atoms with Crippen LogP contribution in [-0.2, 0) is 0 Å². The van der Waals surface area contributed by atoms with E-state index in [0.29, 0.717) is 12.1 Å². The van der Waals surface area contributed by atoms with Crippen LogP contribution in [0.1, 0.15) is 70.6 Å². The van der Waals surface area contributed by atoms with Crippen LogP contribution in [0.25, 0.3) is 0 Å². The Labute approximate surface area is 180 Å². The fourth-order valence-electron chi connectivity index (χ4n) is 5.19. The smallest absolute Gasteiger partial charge is 0.0110 e. The van der Waals surface area contributed by atoms with Gasteiger partial charge in [-0.15, -0.1) is 0 Å². The summed E-state index contributed by atoms with van der Waals surface area (Å²) < 4.78 is 0. The van der Waals surface area contributed by atoms with E-state index in [4.69, 9.17) is 22.9 Å². The Kier molecular flexibility index (Phi) is 12.7. The summed E-state index contributed by atoms with van der Waals surface area (Å²) in [4.78, 5) is 5.01. The van der Waals surface area contributed by atoms with Crippen molar-refractivity contribution in [3.63, 3.8) is 0 Å². The Bertz CT molecular complexity index is 347. The van der Waals surface area contributed by atoms with Crippen LogP contribution in [0.5, 0.6) is 0 Å². The summed E-state index contributed by atoms with van der Waals surface area (Å²) in [7, 11) is 0. The number of nitrogens with two attached hydrogens (primary N) is 4. The van der Waals surface area contributed by atoms with Gasteiger partial charge in [0.1, 0.15) is 0 Å². The van der Waals surface area contributed by atoms with E-state index in [1.54, 1.807) is 0 Å². The van der Waals surface area contributed by atoms with E-state index in [2.05, 4.69) is 9.80 Å². The van der Waals surface area contributed by atoms with E-state index in [0.717, 1.165) is 37.8 Å². The molecule has 0 aromatic carbocycles. The zero-order valence-electron chi connectivity index (χ0n) is 18.9. The predicted octanol–water partition coefficient (Wildman–Crippen LogP) is 1.71. The molecule has 0 spiro atoms. The summed E-state index contributed by atoms with van der Waals surface area (Å²) in [5, 5.41) is 0. The molecule has 3 fully saturated rings. The highest BCUT2D eigenvalue weighted by Gasteiger charge is 2.24. The number of nitrogens with zero attached hydrogens (tertiary/aromatic N) is 2. The average Bonchev–Trinajstić information content (AvgIpc) is 2.75. The quantitative estimate of drug-likeness (QED) is 0.485. The van der Waals surface area contributed by atoms with Crippen molar-refractivity contribution in [2.24, 2.45) is 34.8 Å². The summed E-state index contributed by atoms with van der Waals surface area (Å²) >= 11 is 0. The molecule has 1 heterocycles. The van der Waals surface area contributed by atoms with Crippen LogP contribution in [0.2, 0.25) is 0 Å². The molecule has 3 rings (SSSR count). The van der Waals surface area contributed by atoms with Crippen LogP contribution in [0.4, 0.5) is 0 Å². The molecular formula is C23H50N6. The molecule has 0 aromatic heterocycles. The van der Waals surface area contributed by atoms with E-state index >= 15 is 0 Å². The van der Waals surface area contributed by atoms with E-state index in [9.17, 15) is 0 Å². The lowest BCUT2D eigenvalue weighted by Gasteiger charge is -2.34. The molecule has 1 aliphatic heterocycles. The molecule has 3 aliphatic rings. The summed E-state index contributed by atoms with van der Waals surface area (Å²) in [6.45, 7) is 8.76. The van der Waals surface area contributed by atoms with Gasteiger partial charge in [-0.25, -0.2) is 0 Å². The Hall–Kier alpha value is -0.240. The number of rotatable bonds is 8. The predicted molar refractivity (Wildman–Crippen MR) is 125 cm³/mol. The average molecular weight is 411 g/mol. The SMILES string of the molecule is NC1CCC(CC2CCC(N)CC2)CC1.NCCCN1CCN(CCCN)CC1. The van der Waals surface area contributed by atoms with E-state index in [-0.39, 0.29) is 0 Å². The van der Waals surface area contributed by atoms with Gasteiger partial charge in [0.05, 0.1) is 0 Å². The van der Waals surface area contributed by atoms with E-state index < -0.39 is 0 Å². The second kappa shape index (κ2) is 14.7. The fraction of sp³-hybridized carbons (Fsp3) is 1.00. The highest BCUT2D eigenvalue weighted by molar-refractivity contribution is 4.80. The van der Waals surface area contributed by atoms with Crippen LogP contribution in [-0.4, -0.2) is 74.2 Å². The summed E-state index contributed by atoms with van der Waals surface area (Å²) in [6.07, 6.45) is 14.3. The maximum Gasteiger partial charge on any atom is 0.0110 e. The minimum atomic E-state index is 0.501. The molecule has 172 valence electrons. The molecule has 0 unspecified atom stereocenters. The molecule has 0 radical (unpaired) electrons. The number of hydrogen-bond acceptors (Lipinski definition) is 6. The van der Waals surface area contributed by atoms with Gasteiger partial charge < -0.3 is 32.7 Å². The molecule has 2 aliphatic carbocycles. The lowest BCUT2D eigenvalue weighted by molar-refractivity contribution is 0.131. The topological polar surface area (TPSA) is 111 Å². The van der Waals surface area contributed by atoms with Gasteiger partial charge in [-0.2, -0.15) is 0 Å². The van der Waals surface area contributed by atoms with Gasteiger partial charge in [-0.3, -0.25) is 0 Å². The first-order valence-corrected chi connectivity index (χ1v) is 12.5. The van der Waals surface area contributed by atoms with Crippen molar-refractivity contribution < 1.29 is 0 Å². The van der Waals surface area contributed by atoms with Gasteiger partial charge >= 0.3 is 0 Å². The zero-order valence-corrected chi connectivity index (χ0v) is 18.9. The van der Waals surface area contributed by atoms with E-state index in [1.165, 1.54) is 97.1 Å². The number of hydrogen-bond donors (Lipinski definition) is 4. The molecule has 8 N–H and O–H groups in total. The van der Waals surface area contributed by atoms with Crippen LogP contribution >= 0.6 is 0 Å². The van der Waals surface area contributed by atoms with Gasteiger partial charge in [0.2, 0.25) is 0 Å². The van der Waals surface area contributed by atoms with Crippen molar-refractivity contribution in [1.82, 2.24) is 9.80 Å². The van der Waals surface area contributed by atoms with Crippen LogP contribution < -0.4 is 22.9 Å². The molecule has 0 amide bonds. The molecular weight excluding hydrogens is 360 g/mol. The first kappa shape index (κ1) is 25.0. The molecule has 2 saturated carbocycles. The van der Waals surface area contributed by atoms with Crippen molar-refractivity contribution in [3.05, 3.63) is 0 Å². The minimum Gasteiger partial charge on any atom is -0.330 e. The van der Waals surface area contributed by atoms with Crippen molar-refractivity contribution in [1.29, 1.82) is 0 Å². The third kappa shape index (κ3) is 10.6. The van der Waals surface area contributed by atoms with Crippen molar-refractivity contribution >= 4 is 0 Å². The van der Waals surface area contributed by atoms with Gasteiger partial charge in [-0.05, 0) is 109 Å². The maximum absolute atomic E-state index is 5.93. The van der Waals surface area contributed by atoms with Gasteiger partial charge in [0, 0.05) is 38.3 Å². The standard InChI is InChI=1S/C13H26N2.C10H24N4/c14-12-5-1-10(2-6-12)9-11-3-7-13(15)8-4-11;11-3-1-5-13-7-9-14(10-8-13)6-2-4-12/h10-13H,1-9,14-15H2;1-12H2. The second-order valence-corrected chi connectivity index (χ2v) is 9.77. The second-order valence-electron chi connectivity index (χ2n) is 9.77. The lowest BCUT2D eigenvalue weighted by Crippen LogP contribution is -2.47. The first-order valence-electron chi connectivity index (χ1n) is 12.5. The Morgan fingerprint density at radius 2 is 0.897 bits per heavy atom. The highest BCUT2D eigenvalue weighted by atomic mass is 15.3. The Balaban J connectivity index is 0.000000208. The first-order chi connectivity index (χ1) is 14.1. The van der Waals surface area contributed by atoms with Crippen molar-refractivity contribution in [2.45, 2.75) is 82.7 Å². The molecule has 29 heavy (non-hydrogen) atoms.